The minimum Gasteiger partial charge on any atom is -0.123 e. The first-order valence-electron chi connectivity index (χ1n) is 6.96. The molecule has 2 aromatic rings. The molecule has 0 heterocycles. The Labute approximate surface area is 114 Å². The predicted octanol–water partition coefficient (Wildman–Crippen LogP) is 5.49. The first-order chi connectivity index (χ1) is 8.83. The zero-order chi connectivity index (χ0) is 12.4. The van der Waals surface area contributed by atoms with Gasteiger partial charge in [-0.3, -0.25) is 0 Å². The summed E-state index contributed by atoms with van der Waals surface area (Å²) >= 11 is 6.38. The topological polar surface area (TPSA) is 0 Å². The van der Waals surface area contributed by atoms with E-state index in [-0.39, 0.29) is 0 Å². The van der Waals surface area contributed by atoms with Crippen molar-refractivity contribution in [2.24, 2.45) is 0 Å². The van der Waals surface area contributed by atoms with Gasteiger partial charge >= 0.3 is 0 Å². The molecule has 1 aliphatic carbocycles. The van der Waals surface area contributed by atoms with Crippen molar-refractivity contribution in [3.8, 4) is 0 Å². The van der Waals surface area contributed by atoms with E-state index in [9.17, 15) is 0 Å². The molecule has 2 aromatic carbocycles. The summed E-state index contributed by atoms with van der Waals surface area (Å²) in [5.74, 6) is 0.652. The van der Waals surface area contributed by atoms with Crippen LogP contribution in [0.4, 0.5) is 0 Å². The smallest absolute Gasteiger partial charge is 0.0341 e. The summed E-state index contributed by atoms with van der Waals surface area (Å²) in [6.45, 7) is 0. The van der Waals surface area contributed by atoms with Gasteiger partial charge in [-0.1, -0.05) is 55.3 Å². The van der Waals surface area contributed by atoms with Crippen molar-refractivity contribution in [3.05, 3.63) is 48.0 Å². The molecule has 0 radical (unpaired) electrons. The number of benzene rings is 2. The van der Waals surface area contributed by atoms with Crippen LogP contribution in [0.2, 0.25) is 0 Å². The maximum Gasteiger partial charge on any atom is 0.0341 e. The molecule has 1 fully saturated rings. The molecule has 0 aromatic heterocycles. The Morgan fingerprint density at radius 3 is 2.56 bits per heavy atom. The molecule has 0 saturated heterocycles. The summed E-state index contributed by atoms with van der Waals surface area (Å²) in [6.07, 6.45) is 6.23. The van der Waals surface area contributed by atoms with E-state index in [1.165, 1.54) is 42.0 Å². The molecule has 1 saturated carbocycles. The van der Waals surface area contributed by atoms with Gasteiger partial charge in [-0.25, -0.2) is 0 Å². The summed E-state index contributed by atoms with van der Waals surface area (Å²) < 4.78 is 0. The number of hydrogen-bond donors (Lipinski definition) is 0. The van der Waals surface area contributed by atoms with Crippen molar-refractivity contribution >= 4 is 22.4 Å². The Bertz CT molecular complexity index is 532. The van der Waals surface area contributed by atoms with Crippen LogP contribution in [0, 0.1) is 0 Å². The number of rotatable bonds is 1. The highest BCUT2D eigenvalue weighted by Gasteiger charge is 2.20. The number of hydrogen-bond acceptors (Lipinski definition) is 0. The summed E-state index contributed by atoms with van der Waals surface area (Å²) in [5, 5.41) is 3.05. The van der Waals surface area contributed by atoms with Gasteiger partial charge in [0.05, 0.1) is 0 Å². The van der Waals surface area contributed by atoms with Crippen LogP contribution in [0.25, 0.3) is 10.8 Å². The molecular weight excluding hydrogens is 240 g/mol. The maximum atomic E-state index is 6.38. The Hall–Kier alpha value is -1.01. The molecule has 1 aliphatic rings. The van der Waals surface area contributed by atoms with Crippen molar-refractivity contribution in [2.45, 2.75) is 43.4 Å². The maximum absolute atomic E-state index is 6.38. The molecule has 18 heavy (non-hydrogen) atoms. The zero-order valence-corrected chi connectivity index (χ0v) is 11.4. The van der Waals surface area contributed by atoms with Crippen molar-refractivity contribution in [1.82, 2.24) is 0 Å². The first kappa shape index (κ1) is 12.0. The van der Waals surface area contributed by atoms with Crippen LogP contribution in [0.3, 0.4) is 0 Å². The van der Waals surface area contributed by atoms with E-state index in [2.05, 4.69) is 42.5 Å². The summed E-state index contributed by atoms with van der Waals surface area (Å²) in [6, 6.07) is 15.5. The van der Waals surface area contributed by atoms with Crippen molar-refractivity contribution < 1.29 is 0 Å². The summed E-state index contributed by atoms with van der Waals surface area (Å²) in [5.41, 5.74) is 1.47. The molecule has 1 heteroatoms. The van der Waals surface area contributed by atoms with E-state index in [0.29, 0.717) is 11.3 Å². The Morgan fingerprint density at radius 1 is 0.889 bits per heavy atom. The minimum absolute atomic E-state index is 0.365. The van der Waals surface area contributed by atoms with Gasteiger partial charge in [-0.15, -0.1) is 11.6 Å². The van der Waals surface area contributed by atoms with Crippen LogP contribution >= 0.6 is 11.6 Å². The summed E-state index contributed by atoms with van der Waals surface area (Å²) in [4.78, 5) is 0. The Morgan fingerprint density at radius 2 is 1.67 bits per heavy atom. The van der Waals surface area contributed by atoms with Crippen LogP contribution in [0.1, 0.15) is 43.6 Å². The number of halogens is 1. The monoisotopic (exact) mass is 258 g/mol. The molecule has 0 N–H and O–H groups in total. The molecule has 0 aliphatic heterocycles. The third-order valence-corrected chi connectivity index (χ3v) is 4.50. The zero-order valence-electron chi connectivity index (χ0n) is 10.6. The van der Waals surface area contributed by atoms with Crippen molar-refractivity contribution in [3.63, 3.8) is 0 Å². The highest BCUT2D eigenvalue weighted by Crippen LogP contribution is 2.35. The standard InChI is InChI=1S/C17H19Cl/c18-17-8-4-3-7-15(12-17)16-10-9-13-5-1-2-6-14(13)11-16/h1-2,5-6,9-11,15,17H,3-4,7-8,12H2. The van der Waals surface area contributed by atoms with E-state index in [4.69, 9.17) is 11.6 Å². The third kappa shape index (κ3) is 2.54. The van der Waals surface area contributed by atoms with Gasteiger partial charge in [-0.2, -0.15) is 0 Å². The van der Waals surface area contributed by atoms with Crippen molar-refractivity contribution in [1.29, 1.82) is 0 Å². The number of alkyl halides is 1. The molecular formula is C17H19Cl. The minimum atomic E-state index is 0.365. The van der Waals surface area contributed by atoms with Gasteiger partial charge in [0.15, 0.2) is 0 Å². The van der Waals surface area contributed by atoms with E-state index >= 15 is 0 Å². The van der Waals surface area contributed by atoms with Gasteiger partial charge in [0.25, 0.3) is 0 Å². The molecule has 0 nitrogen and oxygen atoms in total. The average molecular weight is 259 g/mol. The number of fused-ring (bicyclic) bond motifs is 1. The van der Waals surface area contributed by atoms with Gasteiger partial charge < -0.3 is 0 Å². The second-order valence-corrected chi connectivity index (χ2v) is 6.04. The lowest BCUT2D eigenvalue weighted by Crippen LogP contribution is -2.04. The fourth-order valence-electron chi connectivity index (χ4n) is 3.07. The van der Waals surface area contributed by atoms with Crippen LogP contribution in [0.5, 0.6) is 0 Å². The fourth-order valence-corrected chi connectivity index (χ4v) is 3.43. The van der Waals surface area contributed by atoms with Gasteiger partial charge in [0.2, 0.25) is 0 Å². The largest absolute Gasteiger partial charge is 0.123 e. The molecule has 2 unspecified atom stereocenters. The van der Waals surface area contributed by atoms with E-state index in [1.807, 2.05) is 0 Å². The highest BCUT2D eigenvalue weighted by molar-refractivity contribution is 6.20. The van der Waals surface area contributed by atoms with Crippen LogP contribution in [0.15, 0.2) is 42.5 Å². The lowest BCUT2D eigenvalue weighted by atomic mass is 9.90. The van der Waals surface area contributed by atoms with Crippen molar-refractivity contribution in [2.75, 3.05) is 0 Å². The highest BCUT2D eigenvalue weighted by atomic mass is 35.5. The SMILES string of the molecule is ClC1CCCCC(c2ccc3ccccc3c2)C1. The molecule has 3 rings (SSSR count). The second kappa shape index (κ2) is 5.32. The van der Waals surface area contributed by atoms with Gasteiger partial charge in [0, 0.05) is 5.38 Å². The fraction of sp³-hybridized carbons (Fsp3) is 0.412. The average Bonchev–Trinajstić information content (AvgIpc) is 2.63. The first-order valence-corrected chi connectivity index (χ1v) is 7.39. The lowest BCUT2D eigenvalue weighted by Gasteiger charge is -2.17. The molecule has 2 atom stereocenters. The van der Waals surface area contributed by atoms with E-state index < -0.39 is 0 Å². The van der Waals surface area contributed by atoms with Gasteiger partial charge in [0.1, 0.15) is 0 Å². The second-order valence-electron chi connectivity index (χ2n) is 5.42. The normalized spacial score (nSPS) is 24.9. The van der Waals surface area contributed by atoms with E-state index in [0.717, 1.165) is 6.42 Å². The lowest BCUT2D eigenvalue weighted by molar-refractivity contribution is 0.596. The molecule has 0 bridgehead atoms. The molecule has 0 spiro atoms. The molecule has 94 valence electrons. The summed E-state index contributed by atoms with van der Waals surface area (Å²) in [7, 11) is 0. The van der Waals surface area contributed by atoms with Crippen LogP contribution in [-0.2, 0) is 0 Å². The quantitative estimate of drug-likeness (QED) is 0.468. The Kier molecular flexibility index (Phi) is 3.56. The third-order valence-electron chi connectivity index (χ3n) is 4.11. The van der Waals surface area contributed by atoms with E-state index in [1.54, 1.807) is 0 Å². The predicted molar refractivity (Wildman–Crippen MR) is 79.4 cm³/mol. The van der Waals surface area contributed by atoms with Crippen LogP contribution < -0.4 is 0 Å². The Balaban J connectivity index is 1.92. The van der Waals surface area contributed by atoms with Crippen LogP contribution in [-0.4, -0.2) is 5.38 Å². The molecule has 0 amide bonds. The van der Waals surface area contributed by atoms with Gasteiger partial charge in [-0.05, 0) is 41.5 Å².